The van der Waals surface area contributed by atoms with Crippen molar-refractivity contribution in [1.82, 2.24) is 5.32 Å². The topological polar surface area (TPSA) is 46.2 Å². The van der Waals surface area contributed by atoms with E-state index in [9.17, 15) is 9.59 Å². The number of Topliss-reactive ketones (excluding diaryl/α,β-unsaturated/α-hetero) is 1. The van der Waals surface area contributed by atoms with Crippen LogP contribution in [0.4, 0.5) is 0 Å². The first-order valence-corrected chi connectivity index (χ1v) is 9.71. The van der Waals surface area contributed by atoms with Crippen molar-refractivity contribution in [2.75, 3.05) is 5.75 Å². The first kappa shape index (κ1) is 22.2. The Morgan fingerprint density at radius 2 is 1.61 bits per heavy atom. The Morgan fingerprint density at radius 3 is 2.13 bits per heavy atom. The number of rotatable bonds is 15. The number of hydrogen-bond donors (Lipinski definition) is 2. The molecule has 0 radical (unpaired) electrons. The van der Waals surface area contributed by atoms with Gasteiger partial charge in [0.1, 0.15) is 5.78 Å². The molecule has 23 heavy (non-hydrogen) atoms. The lowest BCUT2D eigenvalue weighted by molar-refractivity contribution is -0.128. The van der Waals surface area contributed by atoms with E-state index in [0.717, 1.165) is 37.0 Å². The number of carbonyl (C=O) groups is 2. The van der Waals surface area contributed by atoms with Crippen LogP contribution in [0.15, 0.2) is 12.2 Å². The largest absolute Gasteiger partial charge is 0.349 e. The van der Waals surface area contributed by atoms with E-state index in [-0.39, 0.29) is 24.2 Å². The number of ketones is 1. The molecule has 0 aromatic carbocycles. The molecular weight excluding hydrogens is 306 g/mol. The van der Waals surface area contributed by atoms with Gasteiger partial charge in [-0.25, -0.2) is 0 Å². The van der Waals surface area contributed by atoms with Gasteiger partial charge in [-0.15, -0.1) is 0 Å². The lowest BCUT2D eigenvalue weighted by Crippen LogP contribution is -2.36. The van der Waals surface area contributed by atoms with Gasteiger partial charge in [-0.2, -0.15) is 12.6 Å². The Morgan fingerprint density at radius 1 is 1.04 bits per heavy atom. The summed E-state index contributed by atoms with van der Waals surface area (Å²) in [6.07, 6.45) is 10.5. The van der Waals surface area contributed by atoms with Crippen molar-refractivity contribution in [3.8, 4) is 0 Å². The third kappa shape index (κ3) is 13.4. The molecule has 0 aromatic heterocycles. The minimum absolute atomic E-state index is 0.00226. The Bertz CT molecular complexity index is 355. The van der Waals surface area contributed by atoms with Crippen LogP contribution in [0.2, 0.25) is 0 Å². The number of nitrogens with one attached hydrogen (secondary N) is 1. The number of unbranched alkanes of at least 4 members (excludes halogenated alkanes) is 6. The summed E-state index contributed by atoms with van der Waals surface area (Å²) >= 11 is 4.20. The summed E-state index contributed by atoms with van der Waals surface area (Å²) in [6, 6.07) is -0.00226. The van der Waals surface area contributed by atoms with Crippen molar-refractivity contribution < 1.29 is 9.59 Å². The minimum Gasteiger partial charge on any atom is -0.349 e. The number of carbonyl (C=O) groups excluding carboxylic acids is 2. The highest BCUT2D eigenvalue weighted by molar-refractivity contribution is 7.80. The normalized spacial score (nSPS) is 12.0. The zero-order valence-electron chi connectivity index (χ0n) is 15.0. The van der Waals surface area contributed by atoms with Crippen molar-refractivity contribution in [2.45, 2.75) is 90.5 Å². The highest BCUT2D eigenvalue weighted by atomic mass is 32.1. The molecule has 0 spiro atoms. The summed E-state index contributed by atoms with van der Waals surface area (Å²) in [6.45, 7) is 7.89. The van der Waals surface area contributed by atoms with Gasteiger partial charge in [0.25, 0.3) is 0 Å². The van der Waals surface area contributed by atoms with Crippen molar-refractivity contribution in [3.05, 3.63) is 12.2 Å². The summed E-state index contributed by atoms with van der Waals surface area (Å²) < 4.78 is 0. The predicted octanol–water partition coefficient (Wildman–Crippen LogP) is 4.86. The fraction of sp³-hybridized carbons (Fsp3) is 0.789. The van der Waals surface area contributed by atoms with Gasteiger partial charge in [-0.3, -0.25) is 9.59 Å². The average molecular weight is 342 g/mol. The molecule has 1 amide bonds. The van der Waals surface area contributed by atoms with Crippen LogP contribution in [0.3, 0.4) is 0 Å². The molecule has 134 valence electrons. The van der Waals surface area contributed by atoms with Crippen LogP contribution in [0.5, 0.6) is 0 Å². The van der Waals surface area contributed by atoms with Crippen LogP contribution in [0, 0.1) is 0 Å². The molecule has 0 aliphatic heterocycles. The van der Waals surface area contributed by atoms with Crippen LogP contribution in [-0.2, 0) is 9.59 Å². The second-order valence-corrected chi connectivity index (χ2v) is 6.87. The highest BCUT2D eigenvalue weighted by Gasteiger charge is 2.14. The van der Waals surface area contributed by atoms with Gasteiger partial charge in [0.2, 0.25) is 5.91 Å². The van der Waals surface area contributed by atoms with Gasteiger partial charge in [0.15, 0.2) is 0 Å². The van der Waals surface area contributed by atoms with Crippen molar-refractivity contribution in [3.63, 3.8) is 0 Å². The van der Waals surface area contributed by atoms with E-state index < -0.39 is 0 Å². The lowest BCUT2D eigenvalue weighted by atomic mass is 10.0. The summed E-state index contributed by atoms with van der Waals surface area (Å²) in [5.74, 6) is 0.860. The first-order chi connectivity index (χ1) is 11.0. The smallest absolute Gasteiger partial charge is 0.227 e. The fourth-order valence-corrected chi connectivity index (χ4v) is 2.78. The molecule has 0 fully saturated rings. The standard InChI is InChI=1S/C19H35NO2S/c1-4-12-18(16(2)3)20-19(22)15-17(21)13-10-8-6-5-7-9-11-14-23/h18,23H,2,4-15H2,1,3H3,(H,20,22). The Hall–Kier alpha value is -0.770. The summed E-state index contributed by atoms with van der Waals surface area (Å²) in [5.41, 5.74) is 0.950. The van der Waals surface area contributed by atoms with Crippen molar-refractivity contribution >= 4 is 24.3 Å². The molecule has 0 bridgehead atoms. The Kier molecular flexibility index (Phi) is 14.3. The van der Waals surface area contributed by atoms with Gasteiger partial charge in [0, 0.05) is 12.5 Å². The van der Waals surface area contributed by atoms with Crippen LogP contribution in [-0.4, -0.2) is 23.5 Å². The second kappa shape index (κ2) is 14.8. The summed E-state index contributed by atoms with van der Waals surface area (Å²) in [4.78, 5) is 23.7. The van der Waals surface area contributed by atoms with Gasteiger partial charge >= 0.3 is 0 Å². The third-order valence-corrected chi connectivity index (χ3v) is 4.30. The average Bonchev–Trinajstić information content (AvgIpc) is 2.49. The maximum atomic E-state index is 11.9. The minimum atomic E-state index is -0.164. The summed E-state index contributed by atoms with van der Waals surface area (Å²) in [5, 5.41) is 2.91. The van der Waals surface area contributed by atoms with Crippen molar-refractivity contribution in [2.24, 2.45) is 0 Å². The molecule has 1 atom stereocenters. The van der Waals surface area contributed by atoms with E-state index in [1.165, 1.54) is 32.1 Å². The molecule has 4 heteroatoms. The molecule has 0 aromatic rings. The molecule has 1 N–H and O–H groups in total. The molecule has 0 saturated carbocycles. The second-order valence-electron chi connectivity index (χ2n) is 6.42. The number of thiol groups is 1. The quantitative estimate of drug-likeness (QED) is 0.193. The van der Waals surface area contributed by atoms with Crippen LogP contribution >= 0.6 is 12.6 Å². The van der Waals surface area contributed by atoms with E-state index in [1.807, 2.05) is 6.92 Å². The Balaban J connectivity index is 3.72. The molecular formula is C19H35NO2S. The van der Waals surface area contributed by atoms with Crippen LogP contribution in [0.25, 0.3) is 0 Å². The van der Waals surface area contributed by atoms with E-state index in [2.05, 4.69) is 31.4 Å². The third-order valence-electron chi connectivity index (χ3n) is 3.98. The molecule has 0 rings (SSSR count). The van der Waals surface area contributed by atoms with Gasteiger partial charge in [-0.05, 0) is 31.9 Å². The van der Waals surface area contributed by atoms with Crippen LogP contribution in [0.1, 0.15) is 84.5 Å². The first-order valence-electron chi connectivity index (χ1n) is 9.08. The molecule has 0 aliphatic rings. The SMILES string of the molecule is C=C(C)C(CCC)NC(=O)CC(=O)CCCCCCCCCS. The zero-order chi connectivity index (χ0) is 17.5. The van der Waals surface area contributed by atoms with Gasteiger partial charge in [0.05, 0.1) is 6.42 Å². The van der Waals surface area contributed by atoms with E-state index in [1.54, 1.807) is 0 Å². The maximum absolute atomic E-state index is 11.9. The number of hydrogen-bond acceptors (Lipinski definition) is 3. The van der Waals surface area contributed by atoms with E-state index in [4.69, 9.17) is 0 Å². The molecule has 3 nitrogen and oxygen atoms in total. The van der Waals surface area contributed by atoms with E-state index >= 15 is 0 Å². The molecule has 1 unspecified atom stereocenters. The van der Waals surface area contributed by atoms with E-state index in [0.29, 0.717) is 6.42 Å². The molecule has 0 heterocycles. The molecule has 0 saturated heterocycles. The highest BCUT2D eigenvalue weighted by Crippen LogP contribution is 2.10. The lowest BCUT2D eigenvalue weighted by Gasteiger charge is -2.17. The molecule has 0 aliphatic carbocycles. The van der Waals surface area contributed by atoms with Crippen molar-refractivity contribution in [1.29, 1.82) is 0 Å². The fourth-order valence-electron chi connectivity index (χ4n) is 2.56. The van der Waals surface area contributed by atoms with Crippen LogP contribution < -0.4 is 5.32 Å². The maximum Gasteiger partial charge on any atom is 0.227 e. The van der Waals surface area contributed by atoms with Gasteiger partial charge < -0.3 is 5.32 Å². The zero-order valence-corrected chi connectivity index (χ0v) is 15.9. The summed E-state index contributed by atoms with van der Waals surface area (Å²) in [7, 11) is 0. The number of amides is 1. The predicted molar refractivity (Wildman–Crippen MR) is 102 cm³/mol. The van der Waals surface area contributed by atoms with Gasteiger partial charge in [-0.1, -0.05) is 57.6 Å². The Labute approximate surface area is 148 Å². The monoisotopic (exact) mass is 341 g/mol.